The van der Waals surface area contributed by atoms with E-state index in [0.29, 0.717) is 12.8 Å². The lowest BCUT2D eigenvalue weighted by Gasteiger charge is -2.31. The first-order valence-electron chi connectivity index (χ1n) is 6.82. The molecule has 1 fully saturated rings. The fourth-order valence-corrected chi connectivity index (χ4v) is 3.94. The minimum absolute atomic E-state index is 0.0333. The van der Waals surface area contributed by atoms with E-state index in [1.807, 2.05) is 0 Å². The summed E-state index contributed by atoms with van der Waals surface area (Å²) in [7, 11) is -3.75. The van der Waals surface area contributed by atoms with E-state index in [1.54, 1.807) is 0 Å². The number of benzene rings is 1. The van der Waals surface area contributed by atoms with Gasteiger partial charge in [-0.3, -0.25) is 14.9 Å². The Morgan fingerprint density at radius 1 is 1.36 bits per heavy atom. The molecule has 9 heteroatoms. The second kappa shape index (κ2) is 6.41. The summed E-state index contributed by atoms with van der Waals surface area (Å²) < 4.78 is 26.3. The average Bonchev–Trinajstić information content (AvgIpc) is 2.47. The maximum absolute atomic E-state index is 12.5. The van der Waals surface area contributed by atoms with Gasteiger partial charge in [0.05, 0.1) is 9.82 Å². The summed E-state index contributed by atoms with van der Waals surface area (Å²) in [6.07, 6.45) is 1.04. The molecule has 0 atom stereocenters. The molecule has 120 valence electrons. The normalized spacial score (nSPS) is 17.1. The summed E-state index contributed by atoms with van der Waals surface area (Å²) in [4.78, 5) is 21.1. The molecule has 22 heavy (non-hydrogen) atoms. The van der Waals surface area contributed by atoms with Crippen LogP contribution in [-0.4, -0.2) is 42.7 Å². The summed E-state index contributed by atoms with van der Waals surface area (Å²) in [5, 5.41) is 13.5. The van der Waals surface area contributed by atoms with Crippen molar-refractivity contribution in [2.45, 2.75) is 30.7 Å². The van der Waals surface area contributed by atoms with Gasteiger partial charge in [0.25, 0.3) is 5.69 Å². The van der Waals surface area contributed by atoms with Crippen LogP contribution in [0.15, 0.2) is 29.2 Å². The third kappa shape index (κ3) is 3.60. The number of carbonyl (C=O) groups excluding carboxylic acids is 1. The second-order valence-corrected chi connectivity index (χ2v) is 7.07. The minimum atomic E-state index is -3.75. The van der Waals surface area contributed by atoms with E-state index in [4.69, 9.17) is 0 Å². The highest BCUT2D eigenvalue weighted by atomic mass is 32.2. The number of carbonyl (C=O) groups is 1. The molecule has 1 amide bonds. The highest BCUT2D eigenvalue weighted by Gasteiger charge is 2.30. The number of nitrogens with zero attached hydrogens (tertiary/aromatic N) is 2. The van der Waals surface area contributed by atoms with Crippen LogP contribution in [0.4, 0.5) is 5.69 Å². The average molecular weight is 327 g/mol. The van der Waals surface area contributed by atoms with Gasteiger partial charge >= 0.3 is 0 Å². The zero-order valence-corrected chi connectivity index (χ0v) is 12.9. The molecule has 0 saturated carbocycles. The van der Waals surface area contributed by atoms with E-state index in [-0.39, 0.29) is 35.6 Å². The molecule has 8 nitrogen and oxygen atoms in total. The van der Waals surface area contributed by atoms with Gasteiger partial charge < -0.3 is 5.32 Å². The molecule has 1 aromatic rings. The number of amides is 1. The van der Waals surface area contributed by atoms with Crippen LogP contribution in [0.5, 0.6) is 0 Å². The van der Waals surface area contributed by atoms with E-state index >= 15 is 0 Å². The summed E-state index contributed by atoms with van der Waals surface area (Å²) in [5.74, 6) is -0.139. The van der Waals surface area contributed by atoms with Crippen molar-refractivity contribution >= 4 is 21.6 Å². The number of nitrogens with one attached hydrogen (secondary N) is 1. The van der Waals surface area contributed by atoms with Gasteiger partial charge in [0.15, 0.2) is 0 Å². The van der Waals surface area contributed by atoms with Crippen molar-refractivity contribution < 1.29 is 18.1 Å². The molecule has 0 aromatic heterocycles. The molecular weight excluding hydrogens is 310 g/mol. The van der Waals surface area contributed by atoms with Crippen molar-refractivity contribution in [3.63, 3.8) is 0 Å². The Balaban J connectivity index is 2.13. The highest BCUT2D eigenvalue weighted by molar-refractivity contribution is 7.89. The summed E-state index contributed by atoms with van der Waals surface area (Å²) in [6, 6.07) is 4.99. The second-order valence-electron chi connectivity index (χ2n) is 5.13. The van der Waals surface area contributed by atoms with Crippen molar-refractivity contribution in [1.29, 1.82) is 0 Å². The van der Waals surface area contributed by atoms with Gasteiger partial charge in [-0.2, -0.15) is 4.31 Å². The van der Waals surface area contributed by atoms with Crippen LogP contribution in [0.1, 0.15) is 19.8 Å². The first kappa shape index (κ1) is 16.4. The van der Waals surface area contributed by atoms with Gasteiger partial charge in [-0.15, -0.1) is 0 Å². The number of hydrogen-bond donors (Lipinski definition) is 1. The molecule has 0 bridgehead atoms. The van der Waals surface area contributed by atoms with E-state index < -0.39 is 14.9 Å². The van der Waals surface area contributed by atoms with Gasteiger partial charge in [-0.1, -0.05) is 6.07 Å². The zero-order chi connectivity index (χ0) is 16.3. The zero-order valence-electron chi connectivity index (χ0n) is 12.1. The molecule has 1 aliphatic rings. The number of hydrogen-bond acceptors (Lipinski definition) is 5. The molecule has 1 heterocycles. The maximum atomic E-state index is 12.5. The first-order valence-corrected chi connectivity index (χ1v) is 8.26. The molecule has 1 N–H and O–H groups in total. The smallest absolute Gasteiger partial charge is 0.270 e. The number of piperidine rings is 1. The maximum Gasteiger partial charge on any atom is 0.270 e. The van der Waals surface area contributed by atoms with Gasteiger partial charge in [0, 0.05) is 38.2 Å². The number of nitro benzene ring substituents is 1. The first-order chi connectivity index (χ1) is 10.3. The molecule has 0 aliphatic carbocycles. The molecule has 0 unspecified atom stereocenters. The van der Waals surface area contributed by atoms with Crippen LogP contribution in [0, 0.1) is 10.1 Å². The monoisotopic (exact) mass is 327 g/mol. The Labute approximate surface area is 128 Å². The molecular formula is C13H17N3O5S. The van der Waals surface area contributed by atoms with Crippen LogP contribution >= 0.6 is 0 Å². The molecule has 1 aromatic carbocycles. The number of nitro groups is 1. The quantitative estimate of drug-likeness (QED) is 0.652. The molecule has 1 saturated heterocycles. The van der Waals surface area contributed by atoms with E-state index in [2.05, 4.69) is 5.32 Å². The van der Waals surface area contributed by atoms with E-state index in [1.165, 1.54) is 29.4 Å². The van der Waals surface area contributed by atoms with Crippen molar-refractivity contribution in [2.75, 3.05) is 13.1 Å². The summed E-state index contributed by atoms with van der Waals surface area (Å²) in [5.41, 5.74) is -0.255. The van der Waals surface area contributed by atoms with Crippen LogP contribution in [-0.2, 0) is 14.8 Å². The van der Waals surface area contributed by atoms with Gasteiger partial charge in [-0.05, 0) is 18.9 Å². The van der Waals surface area contributed by atoms with E-state index in [9.17, 15) is 23.3 Å². The third-order valence-corrected chi connectivity index (χ3v) is 5.42. The Morgan fingerprint density at radius 2 is 2.00 bits per heavy atom. The van der Waals surface area contributed by atoms with Gasteiger partial charge in [-0.25, -0.2) is 8.42 Å². The topological polar surface area (TPSA) is 110 Å². The van der Waals surface area contributed by atoms with Crippen molar-refractivity contribution in [3.05, 3.63) is 34.4 Å². The predicted molar refractivity (Wildman–Crippen MR) is 78.7 cm³/mol. The highest BCUT2D eigenvalue weighted by Crippen LogP contribution is 2.23. The number of rotatable bonds is 4. The standard InChI is InChI=1S/C13H17N3O5S/c1-10(17)14-11-5-7-15(8-6-11)22(20,21)13-4-2-3-12(9-13)16(18)19/h2-4,9,11H,5-8H2,1H3,(H,14,17). The van der Waals surface area contributed by atoms with Crippen LogP contribution in [0.3, 0.4) is 0 Å². The largest absolute Gasteiger partial charge is 0.354 e. The van der Waals surface area contributed by atoms with Crippen LogP contribution in [0.25, 0.3) is 0 Å². The summed E-state index contributed by atoms with van der Waals surface area (Å²) >= 11 is 0. The van der Waals surface area contributed by atoms with Crippen LogP contribution < -0.4 is 5.32 Å². The third-order valence-electron chi connectivity index (χ3n) is 3.53. The van der Waals surface area contributed by atoms with Crippen molar-refractivity contribution in [1.82, 2.24) is 9.62 Å². The Hall–Kier alpha value is -2.00. The predicted octanol–water partition coefficient (Wildman–Crippen LogP) is 0.884. The fourth-order valence-electron chi connectivity index (χ4n) is 2.43. The summed E-state index contributed by atoms with van der Waals surface area (Å²) in [6.45, 7) is 1.97. The van der Waals surface area contributed by atoms with Crippen LogP contribution in [0.2, 0.25) is 0 Å². The lowest BCUT2D eigenvalue weighted by Crippen LogP contribution is -2.45. The van der Waals surface area contributed by atoms with E-state index in [0.717, 1.165) is 6.07 Å². The SMILES string of the molecule is CC(=O)NC1CCN(S(=O)(=O)c2cccc([N+](=O)[O-])c2)CC1. The van der Waals surface area contributed by atoms with Crippen molar-refractivity contribution in [3.8, 4) is 0 Å². The molecule has 0 radical (unpaired) electrons. The fraction of sp³-hybridized carbons (Fsp3) is 0.462. The van der Waals surface area contributed by atoms with Gasteiger partial charge in [0.1, 0.15) is 0 Å². The van der Waals surface area contributed by atoms with Gasteiger partial charge in [0.2, 0.25) is 15.9 Å². The minimum Gasteiger partial charge on any atom is -0.354 e. The Bertz CT molecular complexity index is 681. The Morgan fingerprint density at radius 3 is 2.55 bits per heavy atom. The number of non-ortho nitro benzene ring substituents is 1. The Kier molecular flexibility index (Phi) is 4.77. The lowest BCUT2D eigenvalue weighted by molar-refractivity contribution is -0.385. The lowest BCUT2D eigenvalue weighted by atomic mass is 10.1. The van der Waals surface area contributed by atoms with Crippen molar-refractivity contribution in [2.24, 2.45) is 0 Å². The molecule has 1 aliphatic heterocycles. The molecule has 0 spiro atoms. The molecule has 2 rings (SSSR count). The number of sulfonamides is 1.